The smallest absolute Gasteiger partial charge is 0.369 e. The van der Waals surface area contributed by atoms with Crippen molar-refractivity contribution in [3.05, 3.63) is 87.7 Å². The van der Waals surface area contributed by atoms with Crippen LogP contribution in [0.15, 0.2) is 53.8 Å². The molecule has 0 spiro atoms. The summed E-state index contributed by atoms with van der Waals surface area (Å²) in [4.78, 5) is 31.4. The largest absolute Gasteiger partial charge is 0.435 e. The SMILES string of the molecule is Cc1cccc(F)c1N1CCC(c2cc3nccnc3n(Cc3nccnc3C(F)(F)F)c2=O)CC1. The molecule has 4 heterocycles. The minimum Gasteiger partial charge on any atom is -0.369 e. The van der Waals surface area contributed by atoms with Crippen molar-refractivity contribution >= 4 is 16.9 Å². The first-order valence-corrected chi connectivity index (χ1v) is 11.5. The van der Waals surface area contributed by atoms with Gasteiger partial charge in [-0.3, -0.25) is 19.3 Å². The predicted octanol–water partition coefficient (Wildman–Crippen LogP) is 4.48. The lowest BCUT2D eigenvalue weighted by Crippen LogP contribution is -2.36. The Morgan fingerprint density at radius 2 is 1.69 bits per heavy atom. The molecule has 1 aliphatic rings. The Balaban J connectivity index is 1.51. The Morgan fingerprint density at radius 3 is 2.42 bits per heavy atom. The van der Waals surface area contributed by atoms with Crippen molar-refractivity contribution in [3.8, 4) is 0 Å². The van der Waals surface area contributed by atoms with Gasteiger partial charge in [0.25, 0.3) is 5.56 Å². The molecule has 0 radical (unpaired) electrons. The Bertz CT molecular complexity index is 1460. The van der Waals surface area contributed by atoms with E-state index in [9.17, 15) is 22.4 Å². The highest BCUT2D eigenvalue weighted by Gasteiger charge is 2.36. The van der Waals surface area contributed by atoms with E-state index in [0.717, 1.165) is 18.0 Å². The highest BCUT2D eigenvalue weighted by atomic mass is 19.4. The van der Waals surface area contributed by atoms with E-state index < -0.39 is 24.0 Å². The maximum Gasteiger partial charge on any atom is 0.435 e. The summed E-state index contributed by atoms with van der Waals surface area (Å²) in [5.41, 5.74) is 0.448. The molecule has 5 rings (SSSR count). The molecule has 1 aromatic carbocycles. The summed E-state index contributed by atoms with van der Waals surface area (Å²) in [6.45, 7) is 2.48. The Labute approximate surface area is 203 Å². The summed E-state index contributed by atoms with van der Waals surface area (Å²) in [6, 6.07) is 6.61. The highest BCUT2D eigenvalue weighted by molar-refractivity contribution is 5.71. The van der Waals surface area contributed by atoms with E-state index in [-0.39, 0.29) is 23.1 Å². The number of rotatable bonds is 4. The number of pyridine rings is 1. The number of nitrogens with zero attached hydrogens (tertiary/aromatic N) is 6. The zero-order chi connectivity index (χ0) is 25.4. The van der Waals surface area contributed by atoms with Gasteiger partial charge in [-0.25, -0.2) is 14.4 Å². The van der Waals surface area contributed by atoms with Crippen LogP contribution in [0.2, 0.25) is 0 Å². The third-order valence-electron chi connectivity index (χ3n) is 6.54. The summed E-state index contributed by atoms with van der Waals surface area (Å²) >= 11 is 0. The summed E-state index contributed by atoms with van der Waals surface area (Å²) in [5.74, 6) is -0.455. The number of para-hydroxylation sites is 1. The molecule has 1 aliphatic heterocycles. The first-order valence-electron chi connectivity index (χ1n) is 11.5. The number of hydrogen-bond donors (Lipinski definition) is 0. The van der Waals surface area contributed by atoms with E-state index in [2.05, 4.69) is 19.9 Å². The van der Waals surface area contributed by atoms with Crippen LogP contribution < -0.4 is 10.5 Å². The Hall–Kier alpha value is -3.89. The molecule has 0 bridgehead atoms. The van der Waals surface area contributed by atoms with E-state index in [0.29, 0.717) is 42.7 Å². The third kappa shape index (κ3) is 4.40. The number of fused-ring (bicyclic) bond motifs is 1. The van der Waals surface area contributed by atoms with Crippen LogP contribution in [0.1, 0.15) is 41.3 Å². The molecular weight excluding hydrogens is 476 g/mol. The summed E-state index contributed by atoms with van der Waals surface area (Å²) < 4.78 is 56.2. The van der Waals surface area contributed by atoms with Crippen LogP contribution in [0.3, 0.4) is 0 Å². The zero-order valence-electron chi connectivity index (χ0n) is 19.3. The second kappa shape index (κ2) is 9.29. The molecule has 1 fully saturated rings. The minimum atomic E-state index is -4.72. The van der Waals surface area contributed by atoms with E-state index >= 15 is 0 Å². The lowest BCUT2D eigenvalue weighted by atomic mass is 9.89. The molecule has 4 aromatic rings. The second-order valence-electron chi connectivity index (χ2n) is 8.77. The normalized spacial score (nSPS) is 15.0. The number of anilines is 1. The molecule has 0 amide bonds. The fourth-order valence-electron chi connectivity index (χ4n) is 4.86. The van der Waals surface area contributed by atoms with Crippen LogP contribution in [0.5, 0.6) is 0 Å². The van der Waals surface area contributed by atoms with Crippen LogP contribution in [0.25, 0.3) is 11.2 Å². The number of hydrogen-bond acceptors (Lipinski definition) is 6. The number of alkyl halides is 3. The number of aryl methyl sites for hydroxylation is 1. The van der Waals surface area contributed by atoms with Gasteiger partial charge in [0.15, 0.2) is 11.3 Å². The highest BCUT2D eigenvalue weighted by Crippen LogP contribution is 2.33. The van der Waals surface area contributed by atoms with Gasteiger partial charge in [0, 0.05) is 43.4 Å². The van der Waals surface area contributed by atoms with Crippen molar-refractivity contribution in [2.24, 2.45) is 0 Å². The van der Waals surface area contributed by atoms with Gasteiger partial charge in [0.1, 0.15) is 11.3 Å². The third-order valence-corrected chi connectivity index (χ3v) is 6.54. The van der Waals surface area contributed by atoms with E-state index in [4.69, 9.17) is 0 Å². The lowest BCUT2D eigenvalue weighted by molar-refractivity contribution is -0.142. The molecule has 11 heteroatoms. The molecule has 0 unspecified atom stereocenters. The quantitative estimate of drug-likeness (QED) is 0.386. The van der Waals surface area contributed by atoms with E-state index in [1.807, 2.05) is 17.9 Å². The van der Waals surface area contributed by atoms with Gasteiger partial charge >= 0.3 is 6.18 Å². The fourth-order valence-corrected chi connectivity index (χ4v) is 4.86. The number of piperidine rings is 1. The van der Waals surface area contributed by atoms with E-state index in [1.54, 1.807) is 12.1 Å². The molecule has 1 saturated heterocycles. The summed E-state index contributed by atoms with van der Waals surface area (Å²) in [6.07, 6.45) is 1.41. The van der Waals surface area contributed by atoms with Crippen LogP contribution in [-0.2, 0) is 12.7 Å². The van der Waals surface area contributed by atoms with E-state index in [1.165, 1.54) is 23.0 Å². The standard InChI is InChI=1S/C25H22F4N6O/c1-15-3-2-4-18(26)21(15)34-11-5-16(6-12-34)17-13-19-23(33-10-8-30-19)35(24(17)36)14-20-22(25(27,28)29)32-9-7-31-20/h2-4,7-10,13,16H,5-6,11-12,14H2,1H3. The average Bonchev–Trinajstić information content (AvgIpc) is 2.86. The van der Waals surface area contributed by atoms with Crippen molar-refractivity contribution in [2.75, 3.05) is 18.0 Å². The molecule has 3 aromatic heterocycles. The average molecular weight is 498 g/mol. The molecule has 0 saturated carbocycles. The van der Waals surface area contributed by atoms with Crippen molar-refractivity contribution < 1.29 is 17.6 Å². The van der Waals surface area contributed by atoms with Crippen molar-refractivity contribution in [3.63, 3.8) is 0 Å². The van der Waals surface area contributed by atoms with Gasteiger partial charge in [-0.15, -0.1) is 0 Å². The summed E-state index contributed by atoms with van der Waals surface area (Å²) in [5, 5.41) is 0. The number of halogens is 4. The van der Waals surface area contributed by atoms with Gasteiger partial charge in [0.05, 0.1) is 17.9 Å². The zero-order valence-corrected chi connectivity index (χ0v) is 19.3. The Kier molecular flexibility index (Phi) is 6.15. The van der Waals surface area contributed by atoms with Crippen LogP contribution in [0.4, 0.5) is 23.2 Å². The Morgan fingerprint density at radius 1 is 1.00 bits per heavy atom. The maximum absolute atomic E-state index is 14.5. The summed E-state index contributed by atoms with van der Waals surface area (Å²) in [7, 11) is 0. The number of benzene rings is 1. The van der Waals surface area contributed by atoms with Crippen molar-refractivity contribution in [2.45, 2.75) is 38.4 Å². The predicted molar refractivity (Wildman–Crippen MR) is 125 cm³/mol. The molecule has 186 valence electrons. The van der Waals surface area contributed by atoms with Gasteiger partial charge in [-0.1, -0.05) is 12.1 Å². The van der Waals surface area contributed by atoms with Gasteiger partial charge in [0.2, 0.25) is 0 Å². The molecule has 0 N–H and O–H groups in total. The minimum absolute atomic E-state index is 0.164. The fraction of sp³-hybridized carbons (Fsp3) is 0.320. The first kappa shape index (κ1) is 23.8. The molecule has 0 aliphatic carbocycles. The number of aromatic nitrogens is 5. The second-order valence-corrected chi connectivity index (χ2v) is 8.77. The van der Waals surface area contributed by atoms with Crippen LogP contribution in [0, 0.1) is 12.7 Å². The lowest BCUT2D eigenvalue weighted by Gasteiger charge is -2.34. The topological polar surface area (TPSA) is 76.8 Å². The molecule has 36 heavy (non-hydrogen) atoms. The maximum atomic E-state index is 14.5. The van der Waals surface area contributed by atoms with Gasteiger partial charge < -0.3 is 4.90 Å². The first-order chi connectivity index (χ1) is 17.2. The van der Waals surface area contributed by atoms with Crippen LogP contribution >= 0.6 is 0 Å². The molecule has 7 nitrogen and oxygen atoms in total. The van der Waals surface area contributed by atoms with Crippen molar-refractivity contribution in [1.82, 2.24) is 24.5 Å². The molecular formula is C25H22F4N6O. The van der Waals surface area contributed by atoms with Gasteiger partial charge in [-0.2, -0.15) is 13.2 Å². The van der Waals surface area contributed by atoms with Gasteiger partial charge in [-0.05, 0) is 43.4 Å². The van der Waals surface area contributed by atoms with Crippen molar-refractivity contribution in [1.29, 1.82) is 0 Å². The molecule has 0 atom stereocenters. The van der Waals surface area contributed by atoms with Crippen LogP contribution in [-0.4, -0.2) is 37.6 Å². The monoisotopic (exact) mass is 498 g/mol.